The van der Waals surface area contributed by atoms with Crippen LogP contribution in [0, 0.1) is 0 Å². The van der Waals surface area contributed by atoms with Crippen molar-refractivity contribution >= 4 is 16.8 Å². The van der Waals surface area contributed by atoms with Gasteiger partial charge in [-0.3, -0.25) is 4.79 Å². The van der Waals surface area contributed by atoms with Gasteiger partial charge in [0.05, 0.1) is 36.8 Å². The van der Waals surface area contributed by atoms with Crippen LogP contribution in [-0.4, -0.2) is 44.7 Å². The van der Waals surface area contributed by atoms with Crippen LogP contribution in [-0.2, 0) is 31.8 Å². The van der Waals surface area contributed by atoms with Gasteiger partial charge in [-0.25, -0.2) is 4.98 Å². The molecule has 130 valence electrons. The van der Waals surface area contributed by atoms with Crippen LogP contribution in [0.25, 0.3) is 10.9 Å². The molecule has 1 aliphatic heterocycles. The maximum atomic E-state index is 13.4. The summed E-state index contributed by atoms with van der Waals surface area (Å²) in [4.78, 5) is 19.7. The fourth-order valence-electron chi connectivity index (χ4n) is 3.77. The van der Waals surface area contributed by atoms with Crippen LogP contribution in [0.5, 0.6) is 0 Å². The Morgan fingerprint density at radius 1 is 1.28 bits per heavy atom. The van der Waals surface area contributed by atoms with E-state index < -0.39 is 0 Å². The summed E-state index contributed by atoms with van der Waals surface area (Å²) in [6, 6.07) is 8.01. The molecule has 0 N–H and O–H groups in total. The lowest BCUT2D eigenvalue weighted by atomic mass is 10.0. The molecule has 3 aromatic rings. The highest BCUT2D eigenvalue weighted by Gasteiger charge is 2.33. The Morgan fingerprint density at radius 2 is 2.08 bits per heavy atom. The second-order valence-corrected chi connectivity index (χ2v) is 6.67. The number of methoxy groups -OCH3 is 1. The van der Waals surface area contributed by atoms with Crippen LogP contribution in [0.1, 0.15) is 21.7 Å². The second-order valence-electron chi connectivity index (χ2n) is 6.67. The molecule has 1 aromatic carbocycles. The van der Waals surface area contributed by atoms with E-state index in [2.05, 4.69) is 4.98 Å². The molecule has 0 fully saturated rings. The number of nitrogens with zero attached hydrogens (tertiary/aromatic N) is 4. The molecule has 0 spiro atoms. The Kier molecular flexibility index (Phi) is 3.84. The normalized spacial score (nSPS) is 17.1. The van der Waals surface area contributed by atoms with Gasteiger partial charge in [-0.15, -0.1) is 0 Å². The Bertz CT molecular complexity index is 940. The number of imidazole rings is 1. The van der Waals surface area contributed by atoms with Gasteiger partial charge in [0, 0.05) is 50.4 Å². The lowest BCUT2D eigenvalue weighted by molar-refractivity contribution is 0.0469. The van der Waals surface area contributed by atoms with Crippen molar-refractivity contribution in [3.05, 3.63) is 53.7 Å². The van der Waals surface area contributed by atoms with E-state index >= 15 is 0 Å². The number of carbonyl (C=O) groups excluding carboxylic acids is 1. The van der Waals surface area contributed by atoms with Crippen molar-refractivity contribution in [1.29, 1.82) is 0 Å². The SMILES string of the molecule is COCC1Cc2c(ncn2C)CN1C(=O)c1cn(C)c2ccccc12. The highest BCUT2D eigenvalue weighted by atomic mass is 16.5. The molecule has 2 aromatic heterocycles. The van der Waals surface area contributed by atoms with Gasteiger partial charge in [0.15, 0.2) is 0 Å². The summed E-state index contributed by atoms with van der Waals surface area (Å²) >= 11 is 0. The molecule has 0 saturated heterocycles. The molecule has 1 aliphatic rings. The van der Waals surface area contributed by atoms with Crippen LogP contribution in [0.3, 0.4) is 0 Å². The zero-order valence-corrected chi connectivity index (χ0v) is 14.8. The molecule has 6 heteroatoms. The molecule has 1 atom stereocenters. The number of aromatic nitrogens is 3. The molecule has 0 saturated carbocycles. The molecular weight excluding hydrogens is 316 g/mol. The molecule has 6 nitrogen and oxygen atoms in total. The van der Waals surface area contributed by atoms with Crippen molar-refractivity contribution in [1.82, 2.24) is 19.0 Å². The van der Waals surface area contributed by atoms with Crippen LogP contribution >= 0.6 is 0 Å². The van der Waals surface area contributed by atoms with E-state index in [-0.39, 0.29) is 11.9 Å². The van der Waals surface area contributed by atoms with Crippen LogP contribution in [0.2, 0.25) is 0 Å². The summed E-state index contributed by atoms with van der Waals surface area (Å²) in [6.45, 7) is 1.04. The Hall–Kier alpha value is -2.60. The van der Waals surface area contributed by atoms with Gasteiger partial charge < -0.3 is 18.8 Å². The van der Waals surface area contributed by atoms with Gasteiger partial charge in [-0.2, -0.15) is 0 Å². The van der Waals surface area contributed by atoms with Gasteiger partial charge >= 0.3 is 0 Å². The first-order valence-electron chi connectivity index (χ1n) is 8.43. The summed E-state index contributed by atoms with van der Waals surface area (Å²) in [5.74, 6) is 0.0372. The quantitative estimate of drug-likeness (QED) is 0.735. The third kappa shape index (κ3) is 2.53. The molecule has 1 amide bonds. The molecule has 4 rings (SSSR count). The highest BCUT2D eigenvalue weighted by molar-refractivity contribution is 6.07. The first-order valence-corrected chi connectivity index (χ1v) is 8.43. The average Bonchev–Trinajstić information content (AvgIpc) is 3.15. The largest absolute Gasteiger partial charge is 0.383 e. The lowest BCUT2D eigenvalue weighted by Crippen LogP contribution is -2.47. The minimum atomic E-state index is 0.0133. The third-order valence-corrected chi connectivity index (χ3v) is 5.08. The zero-order chi connectivity index (χ0) is 17.6. The summed E-state index contributed by atoms with van der Waals surface area (Å²) in [5.41, 5.74) is 3.95. The maximum Gasteiger partial charge on any atom is 0.256 e. The smallest absolute Gasteiger partial charge is 0.256 e. The fourth-order valence-corrected chi connectivity index (χ4v) is 3.77. The van der Waals surface area contributed by atoms with Crippen LogP contribution in [0.15, 0.2) is 36.8 Å². The van der Waals surface area contributed by atoms with Gasteiger partial charge in [0.25, 0.3) is 5.91 Å². The molecule has 3 heterocycles. The number of amides is 1. The topological polar surface area (TPSA) is 52.3 Å². The van der Waals surface area contributed by atoms with Crippen molar-refractivity contribution in [2.75, 3.05) is 13.7 Å². The Labute approximate surface area is 146 Å². The van der Waals surface area contributed by atoms with Crippen LogP contribution < -0.4 is 0 Å². The monoisotopic (exact) mass is 338 g/mol. The molecule has 0 bridgehead atoms. The Morgan fingerprint density at radius 3 is 2.88 bits per heavy atom. The maximum absolute atomic E-state index is 13.4. The summed E-state index contributed by atoms with van der Waals surface area (Å²) < 4.78 is 9.44. The molecule has 0 aliphatic carbocycles. The number of benzene rings is 1. The molecular formula is C19H22N4O2. The van der Waals surface area contributed by atoms with E-state index in [0.29, 0.717) is 13.2 Å². The first kappa shape index (κ1) is 15.9. The van der Waals surface area contributed by atoms with Gasteiger partial charge in [-0.1, -0.05) is 18.2 Å². The number of carbonyl (C=O) groups is 1. The number of aryl methyl sites for hydroxylation is 2. The minimum Gasteiger partial charge on any atom is -0.383 e. The lowest BCUT2D eigenvalue weighted by Gasteiger charge is -2.35. The first-order chi connectivity index (χ1) is 12.1. The third-order valence-electron chi connectivity index (χ3n) is 5.08. The van der Waals surface area contributed by atoms with E-state index in [1.807, 2.05) is 64.9 Å². The predicted molar refractivity (Wildman–Crippen MR) is 95.4 cm³/mol. The standard InChI is InChI=1S/C19H22N4O2/c1-21-9-15(14-6-4-5-7-17(14)21)19(24)23-10-16-18(22(2)12-20-16)8-13(23)11-25-3/h4-7,9,12-13H,8,10-11H2,1-3H3. The number of rotatable bonds is 3. The number of ether oxygens (including phenoxy) is 1. The van der Waals surface area contributed by atoms with E-state index in [4.69, 9.17) is 4.74 Å². The fraction of sp³-hybridized carbons (Fsp3) is 0.368. The van der Waals surface area contributed by atoms with Crippen molar-refractivity contribution in [2.24, 2.45) is 14.1 Å². The summed E-state index contributed by atoms with van der Waals surface area (Å²) in [6.07, 6.45) is 4.50. The number of hydrogen-bond acceptors (Lipinski definition) is 3. The van der Waals surface area contributed by atoms with Gasteiger partial charge in [0.1, 0.15) is 0 Å². The number of hydrogen-bond donors (Lipinski definition) is 0. The summed E-state index contributed by atoms with van der Waals surface area (Å²) in [5, 5.41) is 0.984. The number of para-hydroxylation sites is 1. The molecule has 0 radical (unpaired) electrons. The van der Waals surface area contributed by atoms with E-state index in [1.54, 1.807) is 7.11 Å². The second kappa shape index (κ2) is 6.04. The van der Waals surface area contributed by atoms with E-state index in [1.165, 1.54) is 5.69 Å². The van der Waals surface area contributed by atoms with Crippen LogP contribution in [0.4, 0.5) is 0 Å². The average molecular weight is 338 g/mol. The zero-order valence-electron chi connectivity index (χ0n) is 14.8. The predicted octanol–water partition coefficient (Wildman–Crippen LogP) is 2.13. The van der Waals surface area contributed by atoms with Crippen molar-refractivity contribution in [3.8, 4) is 0 Å². The van der Waals surface area contributed by atoms with E-state index in [0.717, 1.165) is 28.6 Å². The van der Waals surface area contributed by atoms with Crippen molar-refractivity contribution < 1.29 is 9.53 Å². The van der Waals surface area contributed by atoms with Gasteiger partial charge in [-0.05, 0) is 6.07 Å². The summed E-state index contributed by atoms with van der Waals surface area (Å²) in [7, 11) is 5.65. The van der Waals surface area contributed by atoms with Crippen molar-refractivity contribution in [3.63, 3.8) is 0 Å². The van der Waals surface area contributed by atoms with Gasteiger partial charge in [0.2, 0.25) is 0 Å². The Balaban J connectivity index is 1.74. The minimum absolute atomic E-state index is 0.0133. The molecule has 25 heavy (non-hydrogen) atoms. The van der Waals surface area contributed by atoms with E-state index in [9.17, 15) is 4.79 Å². The van der Waals surface area contributed by atoms with Crippen molar-refractivity contribution in [2.45, 2.75) is 19.0 Å². The molecule has 1 unspecified atom stereocenters. The number of fused-ring (bicyclic) bond motifs is 2. The highest BCUT2D eigenvalue weighted by Crippen LogP contribution is 2.27.